The molecular formula is C4H7Mg+. The minimum absolute atomic E-state index is 1.14. The zero-order valence-electron chi connectivity index (χ0n) is 3.62. The van der Waals surface area contributed by atoms with E-state index in [-0.39, 0.29) is 0 Å². The van der Waals surface area contributed by atoms with Crippen LogP contribution in [0.4, 0.5) is 0 Å². The van der Waals surface area contributed by atoms with E-state index in [1.165, 1.54) is 5.57 Å². The second-order valence-electron chi connectivity index (χ2n) is 1.21. The van der Waals surface area contributed by atoms with Gasteiger partial charge in [-0.25, -0.2) is 0 Å². The third kappa shape index (κ3) is 4.51. The average molecular weight is 79.4 g/mol. The first-order chi connectivity index (χ1) is 2.27. The summed E-state index contributed by atoms with van der Waals surface area (Å²) < 4.78 is 1.14. The average Bonchev–Trinajstić information content (AvgIpc) is 1.38. The van der Waals surface area contributed by atoms with Gasteiger partial charge >= 0.3 is 45.3 Å². The molecule has 0 aliphatic carbocycles. The van der Waals surface area contributed by atoms with E-state index in [0.717, 1.165) is 4.55 Å². The van der Waals surface area contributed by atoms with Crippen LogP contribution in [0.1, 0.15) is 6.92 Å². The van der Waals surface area contributed by atoms with Crippen molar-refractivity contribution in [2.24, 2.45) is 0 Å². The fraction of sp³-hybridized carbons (Fsp3) is 0.500. The van der Waals surface area contributed by atoms with Crippen molar-refractivity contribution in [1.29, 1.82) is 0 Å². The minimum atomic E-state index is 1.14. The van der Waals surface area contributed by atoms with E-state index in [4.69, 9.17) is 0 Å². The first-order valence-corrected chi connectivity index (χ1v) is 2.71. The Morgan fingerprint density at radius 1 is 2.00 bits per heavy atom. The summed E-state index contributed by atoms with van der Waals surface area (Å²) in [6.07, 6.45) is 0. The van der Waals surface area contributed by atoms with Gasteiger partial charge in [-0.15, -0.1) is 0 Å². The Morgan fingerprint density at radius 2 is 2.20 bits per heavy atom. The molecule has 0 unspecified atom stereocenters. The van der Waals surface area contributed by atoms with Gasteiger partial charge in [-0.2, -0.15) is 0 Å². The number of rotatable bonds is 1. The van der Waals surface area contributed by atoms with Gasteiger partial charge in [-0.05, 0) is 0 Å². The molecule has 0 heterocycles. The molecule has 0 bridgehead atoms. The van der Waals surface area contributed by atoms with Crippen molar-refractivity contribution in [3.8, 4) is 0 Å². The van der Waals surface area contributed by atoms with Crippen LogP contribution in [0.3, 0.4) is 0 Å². The van der Waals surface area contributed by atoms with Gasteiger partial charge in [0.2, 0.25) is 0 Å². The van der Waals surface area contributed by atoms with E-state index in [9.17, 15) is 0 Å². The predicted molar refractivity (Wildman–Crippen MR) is 25.4 cm³/mol. The number of hydrogen-bond donors (Lipinski definition) is 0. The fourth-order valence-electron chi connectivity index (χ4n) is 0. The number of hydrogen-bond acceptors (Lipinski definition) is 0. The molecule has 0 fully saturated rings. The van der Waals surface area contributed by atoms with E-state index in [1.807, 2.05) is 28.6 Å². The molecule has 1 heteroatoms. The first-order valence-electron chi connectivity index (χ1n) is 1.71. The Kier molecular flexibility index (Phi) is 3.00. The van der Waals surface area contributed by atoms with Crippen LogP contribution in [0.25, 0.3) is 0 Å². The molecule has 0 rings (SSSR count). The summed E-state index contributed by atoms with van der Waals surface area (Å²) in [4.78, 5) is 0. The van der Waals surface area contributed by atoms with Crippen LogP contribution >= 0.6 is 0 Å². The van der Waals surface area contributed by atoms with Gasteiger partial charge in [0, 0.05) is 0 Å². The molecule has 0 spiro atoms. The second-order valence-corrected chi connectivity index (χ2v) is 1.71. The quantitative estimate of drug-likeness (QED) is 0.327. The van der Waals surface area contributed by atoms with Gasteiger partial charge in [0.25, 0.3) is 0 Å². The molecule has 0 aromatic rings. The van der Waals surface area contributed by atoms with Crippen LogP contribution in [-0.2, 0) is 0 Å². The summed E-state index contributed by atoms with van der Waals surface area (Å²) in [5.74, 6) is 0. The van der Waals surface area contributed by atoms with E-state index in [2.05, 4.69) is 6.58 Å². The molecule has 0 aliphatic rings. The molecular weight excluding hydrogens is 72.3 g/mol. The zero-order chi connectivity index (χ0) is 4.28. The summed E-state index contributed by atoms with van der Waals surface area (Å²) in [5, 5.41) is 0. The second kappa shape index (κ2) is 2.73. The zero-order valence-corrected chi connectivity index (χ0v) is 5.04. The van der Waals surface area contributed by atoms with Gasteiger partial charge in [0.1, 0.15) is 0 Å². The Bertz CT molecular complexity index is 38.9. The predicted octanol–water partition coefficient (Wildman–Crippen LogP) is 1.15. The molecule has 0 N–H and O–H groups in total. The van der Waals surface area contributed by atoms with Crippen molar-refractivity contribution in [3.05, 3.63) is 12.2 Å². The third-order valence-electron chi connectivity index (χ3n) is 0.427. The van der Waals surface area contributed by atoms with E-state index in [0.29, 0.717) is 0 Å². The summed E-state index contributed by atoms with van der Waals surface area (Å²) in [6.45, 7) is 5.72. The molecule has 0 saturated heterocycles. The van der Waals surface area contributed by atoms with Gasteiger partial charge in [0.05, 0.1) is 0 Å². The van der Waals surface area contributed by atoms with Crippen molar-refractivity contribution in [2.75, 3.05) is 0 Å². The molecule has 24 valence electrons. The van der Waals surface area contributed by atoms with E-state index >= 15 is 0 Å². The van der Waals surface area contributed by atoms with Crippen molar-refractivity contribution in [1.82, 2.24) is 0 Å². The normalized spacial score (nSPS) is 7.80. The summed E-state index contributed by atoms with van der Waals surface area (Å²) in [6, 6.07) is 0. The van der Waals surface area contributed by atoms with Crippen LogP contribution in [-0.4, -0.2) is 21.7 Å². The van der Waals surface area contributed by atoms with Crippen LogP contribution in [0, 0.1) is 0 Å². The Labute approximate surface area is 45.7 Å². The number of allylic oxidation sites excluding steroid dienone is 1. The van der Waals surface area contributed by atoms with Gasteiger partial charge in [-0.3, -0.25) is 0 Å². The molecule has 0 aromatic carbocycles. The Balaban J connectivity index is 2.85. The van der Waals surface area contributed by atoms with E-state index in [1.54, 1.807) is 0 Å². The van der Waals surface area contributed by atoms with Crippen molar-refractivity contribution < 1.29 is 0 Å². The summed E-state index contributed by atoms with van der Waals surface area (Å²) >= 11 is 1.93. The Morgan fingerprint density at radius 3 is 2.20 bits per heavy atom. The summed E-state index contributed by atoms with van der Waals surface area (Å²) in [7, 11) is 0. The van der Waals surface area contributed by atoms with E-state index < -0.39 is 0 Å². The topological polar surface area (TPSA) is 0 Å². The molecule has 0 aromatic heterocycles. The van der Waals surface area contributed by atoms with Crippen LogP contribution in [0.15, 0.2) is 12.2 Å². The van der Waals surface area contributed by atoms with Gasteiger partial charge in [-0.1, -0.05) is 0 Å². The van der Waals surface area contributed by atoms with Crippen LogP contribution in [0.2, 0.25) is 4.55 Å². The molecule has 0 amide bonds. The monoisotopic (exact) mass is 79.0 g/mol. The fourth-order valence-corrected chi connectivity index (χ4v) is 0. The molecule has 0 atom stereocenters. The molecule has 0 saturated carbocycles. The maximum absolute atomic E-state index is 3.68. The summed E-state index contributed by atoms with van der Waals surface area (Å²) in [5.41, 5.74) is 1.27. The molecule has 0 nitrogen and oxygen atoms in total. The van der Waals surface area contributed by atoms with Gasteiger partial charge < -0.3 is 0 Å². The third-order valence-corrected chi connectivity index (χ3v) is 1.28. The first kappa shape index (κ1) is 5.51. The molecule has 0 radical (unpaired) electrons. The SMILES string of the molecule is C=C(C)[CH2][Mg+]. The van der Waals surface area contributed by atoms with Crippen molar-refractivity contribution >= 4 is 21.7 Å². The van der Waals surface area contributed by atoms with Gasteiger partial charge in [0.15, 0.2) is 0 Å². The van der Waals surface area contributed by atoms with Crippen LogP contribution < -0.4 is 0 Å². The maximum atomic E-state index is 3.68. The van der Waals surface area contributed by atoms with Crippen LogP contribution in [0.5, 0.6) is 0 Å². The Hall–Kier alpha value is 0.506. The van der Waals surface area contributed by atoms with Crippen molar-refractivity contribution in [2.45, 2.75) is 11.5 Å². The molecule has 5 heavy (non-hydrogen) atoms. The molecule has 0 aliphatic heterocycles. The van der Waals surface area contributed by atoms with Crippen molar-refractivity contribution in [3.63, 3.8) is 0 Å². The standard InChI is InChI=1S/C4H7.Mg/c1-4(2)3;/h1-2H2,3H3;/q;+1.